The van der Waals surface area contributed by atoms with Gasteiger partial charge in [0.05, 0.1) is 0 Å². The van der Waals surface area contributed by atoms with Crippen molar-refractivity contribution >= 4 is 0 Å². The van der Waals surface area contributed by atoms with Gasteiger partial charge in [-0.1, -0.05) is 85.5 Å². The van der Waals surface area contributed by atoms with E-state index in [9.17, 15) is 0 Å². The molecule has 104 valence electrons. The van der Waals surface area contributed by atoms with E-state index in [1.165, 1.54) is 64.2 Å². The maximum atomic E-state index is 6.15. The normalized spacial score (nSPS) is 13.9. The van der Waals surface area contributed by atoms with Crippen LogP contribution in [0.15, 0.2) is 0 Å². The van der Waals surface area contributed by atoms with Gasteiger partial charge in [0.2, 0.25) is 0 Å². The van der Waals surface area contributed by atoms with E-state index in [4.69, 9.17) is 5.73 Å². The van der Waals surface area contributed by atoms with Crippen LogP contribution in [0.2, 0.25) is 0 Å². The Balaban J connectivity index is 3.19. The molecule has 0 amide bonds. The van der Waals surface area contributed by atoms with Crippen LogP contribution in [0, 0.1) is 5.41 Å². The molecule has 0 aromatic heterocycles. The summed E-state index contributed by atoms with van der Waals surface area (Å²) in [5.41, 5.74) is 6.42. The van der Waals surface area contributed by atoms with Crippen molar-refractivity contribution in [1.29, 1.82) is 0 Å². The van der Waals surface area contributed by atoms with E-state index in [2.05, 4.69) is 27.7 Å². The zero-order valence-electron chi connectivity index (χ0n) is 12.7. The third-order valence-corrected chi connectivity index (χ3v) is 3.73. The molecule has 0 aliphatic heterocycles. The molecule has 0 saturated carbocycles. The van der Waals surface area contributed by atoms with E-state index in [0.717, 1.165) is 0 Å². The molecule has 0 rings (SSSR count). The monoisotopic (exact) mass is 241 g/mol. The molecule has 1 atom stereocenters. The van der Waals surface area contributed by atoms with Gasteiger partial charge in [0.1, 0.15) is 0 Å². The first-order valence-electron chi connectivity index (χ1n) is 7.74. The highest BCUT2D eigenvalue weighted by Crippen LogP contribution is 2.22. The molecular formula is C16H35N. The predicted molar refractivity (Wildman–Crippen MR) is 79.3 cm³/mol. The summed E-state index contributed by atoms with van der Waals surface area (Å²) in [6.45, 7) is 9.00. The van der Waals surface area contributed by atoms with Crippen LogP contribution >= 0.6 is 0 Å². The van der Waals surface area contributed by atoms with Crippen LogP contribution in [0.4, 0.5) is 0 Å². The molecule has 1 unspecified atom stereocenters. The number of hydrogen-bond donors (Lipinski definition) is 1. The molecular weight excluding hydrogens is 206 g/mol. The van der Waals surface area contributed by atoms with Crippen molar-refractivity contribution in [2.24, 2.45) is 11.1 Å². The lowest BCUT2D eigenvalue weighted by atomic mass is 9.84. The van der Waals surface area contributed by atoms with Gasteiger partial charge in [0.25, 0.3) is 0 Å². The zero-order valence-corrected chi connectivity index (χ0v) is 12.7. The Morgan fingerprint density at radius 1 is 0.765 bits per heavy atom. The van der Waals surface area contributed by atoms with Gasteiger partial charge in [-0.2, -0.15) is 0 Å². The van der Waals surface area contributed by atoms with Crippen molar-refractivity contribution in [2.75, 3.05) is 0 Å². The summed E-state index contributed by atoms with van der Waals surface area (Å²) in [5, 5.41) is 0. The van der Waals surface area contributed by atoms with Gasteiger partial charge in [-0.05, 0) is 11.8 Å². The molecule has 17 heavy (non-hydrogen) atoms. The van der Waals surface area contributed by atoms with Crippen molar-refractivity contribution in [2.45, 2.75) is 97.9 Å². The van der Waals surface area contributed by atoms with Crippen LogP contribution in [0.5, 0.6) is 0 Å². The minimum Gasteiger partial charge on any atom is -0.327 e. The first-order chi connectivity index (χ1) is 7.98. The van der Waals surface area contributed by atoms with Crippen LogP contribution in [-0.4, -0.2) is 6.04 Å². The fourth-order valence-electron chi connectivity index (χ4n) is 2.11. The fourth-order valence-corrected chi connectivity index (χ4v) is 2.11. The highest BCUT2D eigenvalue weighted by molar-refractivity contribution is 4.76. The summed E-state index contributed by atoms with van der Waals surface area (Å²) >= 11 is 0. The second kappa shape index (κ2) is 9.94. The molecule has 2 N–H and O–H groups in total. The Morgan fingerprint density at radius 2 is 1.18 bits per heavy atom. The largest absolute Gasteiger partial charge is 0.327 e. The SMILES string of the molecule is CCCCCCCCCCCC(N)C(C)(C)C. The van der Waals surface area contributed by atoms with Crippen molar-refractivity contribution < 1.29 is 0 Å². The average Bonchev–Trinajstić information content (AvgIpc) is 2.25. The van der Waals surface area contributed by atoms with E-state index in [0.29, 0.717) is 6.04 Å². The third-order valence-electron chi connectivity index (χ3n) is 3.73. The van der Waals surface area contributed by atoms with Gasteiger partial charge < -0.3 is 5.73 Å². The maximum Gasteiger partial charge on any atom is 0.00876 e. The molecule has 0 aromatic carbocycles. The number of hydrogen-bond acceptors (Lipinski definition) is 1. The molecule has 0 bridgehead atoms. The molecule has 0 saturated heterocycles. The number of nitrogens with two attached hydrogens (primary N) is 1. The molecule has 0 fully saturated rings. The van der Waals surface area contributed by atoms with Gasteiger partial charge in [-0.25, -0.2) is 0 Å². The fraction of sp³-hybridized carbons (Fsp3) is 1.00. The predicted octanol–water partition coefficient (Wildman–Crippen LogP) is 5.28. The second-order valence-corrected chi connectivity index (χ2v) is 6.59. The van der Waals surface area contributed by atoms with Crippen molar-refractivity contribution in [3.63, 3.8) is 0 Å². The van der Waals surface area contributed by atoms with E-state index in [-0.39, 0.29) is 5.41 Å². The first kappa shape index (κ1) is 17.0. The Kier molecular flexibility index (Phi) is 9.91. The summed E-state index contributed by atoms with van der Waals surface area (Å²) in [5.74, 6) is 0. The standard InChI is InChI=1S/C16H35N/c1-5-6-7-8-9-10-11-12-13-14-15(17)16(2,3)4/h15H,5-14,17H2,1-4H3. The number of unbranched alkanes of at least 4 members (excludes halogenated alkanes) is 8. The van der Waals surface area contributed by atoms with E-state index < -0.39 is 0 Å². The van der Waals surface area contributed by atoms with E-state index in [1.54, 1.807) is 0 Å². The first-order valence-corrected chi connectivity index (χ1v) is 7.74. The minimum absolute atomic E-state index is 0.278. The molecule has 0 aliphatic rings. The smallest absolute Gasteiger partial charge is 0.00876 e. The maximum absolute atomic E-state index is 6.15. The van der Waals surface area contributed by atoms with Crippen LogP contribution in [0.25, 0.3) is 0 Å². The molecule has 0 aromatic rings. The van der Waals surface area contributed by atoms with E-state index >= 15 is 0 Å². The van der Waals surface area contributed by atoms with Gasteiger partial charge in [-0.15, -0.1) is 0 Å². The Bertz CT molecular complexity index is 157. The van der Waals surface area contributed by atoms with Crippen LogP contribution < -0.4 is 5.73 Å². The average molecular weight is 241 g/mol. The van der Waals surface area contributed by atoms with Crippen LogP contribution in [-0.2, 0) is 0 Å². The summed E-state index contributed by atoms with van der Waals surface area (Å²) in [6.07, 6.45) is 13.8. The molecule has 0 radical (unpaired) electrons. The topological polar surface area (TPSA) is 26.0 Å². The molecule has 1 nitrogen and oxygen atoms in total. The Morgan fingerprint density at radius 3 is 1.59 bits per heavy atom. The van der Waals surface area contributed by atoms with Gasteiger partial charge in [0.15, 0.2) is 0 Å². The lowest BCUT2D eigenvalue weighted by Crippen LogP contribution is -2.34. The van der Waals surface area contributed by atoms with Crippen molar-refractivity contribution in [1.82, 2.24) is 0 Å². The second-order valence-electron chi connectivity index (χ2n) is 6.59. The lowest BCUT2D eigenvalue weighted by Gasteiger charge is -2.26. The van der Waals surface area contributed by atoms with Crippen molar-refractivity contribution in [3.05, 3.63) is 0 Å². The van der Waals surface area contributed by atoms with Crippen LogP contribution in [0.3, 0.4) is 0 Å². The Hall–Kier alpha value is -0.0400. The molecule has 1 heteroatoms. The third kappa shape index (κ3) is 10.8. The minimum atomic E-state index is 0.278. The summed E-state index contributed by atoms with van der Waals surface area (Å²) in [7, 11) is 0. The summed E-state index contributed by atoms with van der Waals surface area (Å²) in [4.78, 5) is 0. The lowest BCUT2D eigenvalue weighted by molar-refractivity contribution is 0.298. The van der Waals surface area contributed by atoms with Gasteiger partial charge >= 0.3 is 0 Å². The van der Waals surface area contributed by atoms with Gasteiger partial charge in [-0.3, -0.25) is 0 Å². The van der Waals surface area contributed by atoms with Crippen molar-refractivity contribution in [3.8, 4) is 0 Å². The molecule has 0 heterocycles. The Labute approximate surface area is 110 Å². The summed E-state index contributed by atoms with van der Waals surface area (Å²) < 4.78 is 0. The van der Waals surface area contributed by atoms with Crippen LogP contribution in [0.1, 0.15) is 91.9 Å². The number of rotatable bonds is 10. The molecule has 0 spiro atoms. The summed E-state index contributed by atoms with van der Waals surface area (Å²) in [6, 6.07) is 0.368. The zero-order chi connectivity index (χ0) is 13.1. The van der Waals surface area contributed by atoms with Gasteiger partial charge in [0, 0.05) is 6.04 Å². The highest BCUT2D eigenvalue weighted by Gasteiger charge is 2.19. The van der Waals surface area contributed by atoms with E-state index in [1.807, 2.05) is 0 Å². The molecule has 0 aliphatic carbocycles. The quantitative estimate of drug-likeness (QED) is 0.517. The highest BCUT2D eigenvalue weighted by atomic mass is 14.7.